The molecular formula is C23H21N6O2+. The van der Waals surface area contributed by atoms with Crippen LogP contribution in [-0.2, 0) is 13.6 Å². The van der Waals surface area contributed by atoms with Gasteiger partial charge in [0.05, 0.1) is 44.4 Å². The number of aromatic nitrogens is 5. The van der Waals surface area contributed by atoms with Gasteiger partial charge in [0, 0.05) is 24.0 Å². The van der Waals surface area contributed by atoms with E-state index in [-0.39, 0.29) is 5.91 Å². The van der Waals surface area contributed by atoms with Crippen LogP contribution in [0.15, 0.2) is 73.4 Å². The van der Waals surface area contributed by atoms with Gasteiger partial charge < -0.3 is 10.1 Å². The Balaban J connectivity index is 1.39. The molecule has 0 aliphatic rings. The van der Waals surface area contributed by atoms with Gasteiger partial charge in [-0.05, 0) is 30.3 Å². The zero-order valence-electron chi connectivity index (χ0n) is 17.2. The summed E-state index contributed by atoms with van der Waals surface area (Å²) < 4.78 is 11.4. The molecule has 0 aromatic carbocycles. The summed E-state index contributed by atoms with van der Waals surface area (Å²) in [6, 6.07) is 13.3. The van der Waals surface area contributed by atoms with E-state index < -0.39 is 0 Å². The zero-order valence-corrected chi connectivity index (χ0v) is 17.2. The lowest BCUT2D eigenvalue weighted by atomic mass is 10.2. The van der Waals surface area contributed by atoms with E-state index in [2.05, 4.69) is 19.9 Å². The van der Waals surface area contributed by atoms with E-state index >= 15 is 0 Å². The first-order valence-electron chi connectivity index (χ1n) is 9.85. The van der Waals surface area contributed by atoms with Crippen LogP contribution in [0.4, 0.5) is 0 Å². The summed E-state index contributed by atoms with van der Waals surface area (Å²) in [4.78, 5) is 21.5. The van der Waals surface area contributed by atoms with Gasteiger partial charge in [-0.25, -0.2) is 18.9 Å². The van der Waals surface area contributed by atoms with Gasteiger partial charge in [0.25, 0.3) is 11.6 Å². The molecule has 5 rings (SSSR count). The normalized spacial score (nSPS) is 11.2. The van der Waals surface area contributed by atoms with Crippen LogP contribution >= 0.6 is 0 Å². The lowest BCUT2D eigenvalue weighted by molar-refractivity contribution is -0.510. The number of nitrogens with zero attached hydrogens (tertiary/aromatic N) is 5. The minimum absolute atomic E-state index is 0.152. The monoisotopic (exact) mass is 413 g/mol. The molecule has 1 amide bonds. The molecule has 8 nitrogen and oxygen atoms in total. The number of aryl methyl sites for hydroxylation is 1. The molecule has 0 spiro atoms. The summed E-state index contributed by atoms with van der Waals surface area (Å²) >= 11 is 0. The Bertz CT molecular complexity index is 1420. The topological polar surface area (TPSA) is 77.5 Å². The number of carbonyl (C=O) groups excluding carboxylic acids is 1. The Hall–Kier alpha value is -4.20. The minimum atomic E-state index is -0.152. The maximum Gasteiger partial charge on any atom is 0.286 e. The first-order valence-corrected chi connectivity index (χ1v) is 9.85. The molecule has 0 radical (unpaired) electrons. The zero-order chi connectivity index (χ0) is 21.4. The second-order valence-electron chi connectivity index (χ2n) is 7.18. The fraction of sp³-hybridized carbons (Fsp3) is 0.130. The van der Waals surface area contributed by atoms with Gasteiger partial charge >= 0.3 is 0 Å². The lowest BCUT2D eigenvalue weighted by Gasteiger charge is -2.08. The van der Waals surface area contributed by atoms with Crippen LogP contribution in [-0.4, -0.2) is 32.0 Å². The van der Waals surface area contributed by atoms with Crippen molar-refractivity contribution in [1.29, 1.82) is 0 Å². The van der Waals surface area contributed by atoms with Crippen molar-refractivity contribution in [1.82, 2.24) is 24.3 Å². The molecule has 154 valence electrons. The van der Waals surface area contributed by atoms with Gasteiger partial charge in [0.15, 0.2) is 5.69 Å². The van der Waals surface area contributed by atoms with Crippen molar-refractivity contribution in [3.8, 4) is 17.1 Å². The molecule has 31 heavy (non-hydrogen) atoms. The van der Waals surface area contributed by atoms with Crippen molar-refractivity contribution in [2.75, 3.05) is 7.11 Å². The summed E-state index contributed by atoms with van der Waals surface area (Å²) in [6.07, 6.45) is 9.28. The van der Waals surface area contributed by atoms with Crippen LogP contribution < -0.4 is 14.5 Å². The van der Waals surface area contributed by atoms with Crippen molar-refractivity contribution in [2.24, 2.45) is 7.05 Å². The van der Waals surface area contributed by atoms with E-state index in [4.69, 9.17) is 4.74 Å². The van der Waals surface area contributed by atoms with E-state index in [1.807, 2.05) is 64.8 Å². The molecule has 5 aromatic heterocycles. The second kappa shape index (κ2) is 7.56. The number of imidazole rings is 2. The lowest BCUT2D eigenvalue weighted by Crippen LogP contribution is -2.24. The molecule has 1 N–H and O–H groups in total. The summed E-state index contributed by atoms with van der Waals surface area (Å²) in [5, 5.41) is 3.00. The number of amides is 1. The van der Waals surface area contributed by atoms with Gasteiger partial charge in [0.2, 0.25) is 5.88 Å². The van der Waals surface area contributed by atoms with Gasteiger partial charge in [-0.1, -0.05) is 6.07 Å². The Kier molecular flexibility index (Phi) is 4.59. The highest BCUT2D eigenvalue weighted by atomic mass is 16.5. The van der Waals surface area contributed by atoms with E-state index in [0.29, 0.717) is 23.6 Å². The molecule has 0 bridgehead atoms. The van der Waals surface area contributed by atoms with Crippen molar-refractivity contribution >= 4 is 17.2 Å². The Morgan fingerprint density at radius 2 is 2.10 bits per heavy atom. The summed E-state index contributed by atoms with van der Waals surface area (Å²) in [7, 11) is 3.58. The second-order valence-corrected chi connectivity index (χ2v) is 7.18. The molecule has 0 saturated heterocycles. The average molecular weight is 413 g/mol. The van der Waals surface area contributed by atoms with E-state index in [1.165, 1.54) is 0 Å². The SMILES string of the molecule is COc1ncccc1-c1cnc2cc(C(=O)NCc3c[n+]4ccccc4n3C)ccn12. The van der Waals surface area contributed by atoms with E-state index in [9.17, 15) is 4.79 Å². The van der Waals surface area contributed by atoms with Crippen LogP contribution in [0.5, 0.6) is 5.88 Å². The first-order chi connectivity index (χ1) is 15.2. The van der Waals surface area contributed by atoms with Crippen LogP contribution in [0.3, 0.4) is 0 Å². The quantitative estimate of drug-likeness (QED) is 0.449. The summed E-state index contributed by atoms with van der Waals surface area (Å²) in [5.41, 5.74) is 4.97. The predicted octanol–water partition coefficient (Wildman–Crippen LogP) is 2.41. The van der Waals surface area contributed by atoms with E-state index in [1.54, 1.807) is 31.6 Å². The highest BCUT2D eigenvalue weighted by Gasteiger charge is 2.16. The third-order valence-corrected chi connectivity index (χ3v) is 5.38. The number of nitrogens with one attached hydrogen (secondary N) is 1. The maximum atomic E-state index is 12.8. The van der Waals surface area contributed by atoms with Crippen molar-refractivity contribution < 1.29 is 13.9 Å². The van der Waals surface area contributed by atoms with Gasteiger partial charge in [-0.3, -0.25) is 9.20 Å². The average Bonchev–Trinajstić information content (AvgIpc) is 3.38. The molecule has 5 heterocycles. The number of ether oxygens (including phenoxy) is 1. The first kappa shape index (κ1) is 18.8. The van der Waals surface area contributed by atoms with Crippen LogP contribution in [0.1, 0.15) is 16.1 Å². The molecule has 0 fully saturated rings. The number of carbonyl (C=O) groups is 1. The van der Waals surface area contributed by atoms with Crippen LogP contribution in [0, 0.1) is 0 Å². The largest absolute Gasteiger partial charge is 0.481 e. The molecule has 0 unspecified atom stereocenters. The third kappa shape index (κ3) is 3.28. The van der Waals surface area contributed by atoms with Crippen LogP contribution in [0.25, 0.3) is 22.6 Å². The summed E-state index contributed by atoms with van der Waals surface area (Å²) in [6.45, 7) is 0.425. The standard InChI is InChI=1S/C23H20N6O2/c1-27-17(15-28-10-4-3-7-21(27)28)13-26-22(30)16-8-11-29-19(14-25-20(29)12-16)18-6-5-9-24-23(18)31-2/h3-12,14-15H,13H2,1-2H3/p+1. The predicted molar refractivity (Wildman–Crippen MR) is 115 cm³/mol. The number of methoxy groups -OCH3 is 1. The van der Waals surface area contributed by atoms with Gasteiger partial charge in [0.1, 0.15) is 11.8 Å². The molecule has 0 saturated carbocycles. The molecule has 0 aliphatic heterocycles. The number of pyridine rings is 3. The Labute approximate surface area is 178 Å². The van der Waals surface area contributed by atoms with Crippen LogP contribution in [0.2, 0.25) is 0 Å². The Morgan fingerprint density at radius 3 is 2.94 bits per heavy atom. The minimum Gasteiger partial charge on any atom is -0.481 e. The molecular weight excluding hydrogens is 392 g/mol. The number of rotatable bonds is 5. The highest BCUT2D eigenvalue weighted by molar-refractivity contribution is 5.95. The fourth-order valence-electron chi connectivity index (χ4n) is 3.74. The van der Waals surface area contributed by atoms with Crippen molar-refractivity contribution in [3.63, 3.8) is 0 Å². The highest BCUT2D eigenvalue weighted by Crippen LogP contribution is 2.28. The third-order valence-electron chi connectivity index (χ3n) is 5.38. The smallest absolute Gasteiger partial charge is 0.286 e. The van der Waals surface area contributed by atoms with Crippen molar-refractivity contribution in [2.45, 2.75) is 6.54 Å². The van der Waals surface area contributed by atoms with Crippen molar-refractivity contribution in [3.05, 3.63) is 84.7 Å². The van der Waals surface area contributed by atoms with Gasteiger partial charge in [-0.15, -0.1) is 0 Å². The molecule has 0 aliphatic carbocycles. The summed E-state index contributed by atoms with van der Waals surface area (Å²) in [5.74, 6) is 0.375. The van der Waals surface area contributed by atoms with Gasteiger partial charge in [-0.2, -0.15) is 0 Å². The maximum absolute atomic E-state index is 12.8. The molecule has 8 heteroatoms. The Morgan fingerprint density at radius 1 is 1.19 bits per heavy atom. The number of fused-ring (bicyclic) bond motifs is 2. The number of hydrogen-bond acceptors (Lipinski definition) is 4. The molecule has 0 atom stereocenters. The number of hydrogen-bond donors (Lipinski definition) is 1. The fourth-order valence-corrected chi connectivity index (χ4v) is 3.74. The molecule has 5 aromatic rings. The van der Waals surface area contributed by atoms with E-state index in [0.717, 1.165) is 22.6 Å².